The largest absolute Gasteiger partial charge is 0.461 e. The Hall–Kier alpha value is -4.30. The number of carbonyl (C=O) groups is 2. The number of benzene rings is 2. The first kappa shape index (κ1) is 21.5. The van der Waals surface area contributed by atoms with Gasteiger partial charge in [-0.25, -0.2) is 14.5 Å². The molecule has 0 radical (unpaired) electrons. The maximum Gasteiger partial charge on any atom is 0.358 e. The average Bonchev–Trinajstić information content (AvgIpc) is 3.50. The van der Waals surface area contributed by atoms with E-state index in [1.165, 1.54) is 11.3 Å². The molecule has 2 aromatic carbocycles. The summed E-state index contributed by atoms with van der Waals surface area (Å²) in [6.45, 7) is 2.00. The fraction of sp³-hybridized carbons (Fsp3) is 0.0769. The van der Waals surface area contributed by atoms with Crippen molar-refractivity contribution in [2.45, 2.75) is 6.92 Å². The zero-order valence-electron chi connectivity index (χ0n) is 18.3. The highest BCUT2D eigenvalue weighted by Crippen LogP contribution is 2.29. The Morgan fingerprint density at radius 1 is 1.03 bits per heavy atom. The zero-order chi connectivity index (χ0) is 23.5. The van der Waals surface area contributed by atoms with Crippen LogP contribution in [0.25, 0.3) is 27.2 Å². The van der Waals surface area contributed by atoms with Gasteiger partial charge in [-0.3, -0.25) is 4.79 Å². The number of pyridine rings is 1. The van der Waals surface area contributed by atoms with E-state index in [4.69, 9.17) is 4.74 Å². The molecule has 168 valence electrons. The fourth-order valence-electron chi connectivity index (χ4n) is 3.65. The highest BCUT2D eigenvalue weighted by Gasteiger charge is 2.19. The van der Waals surface area contributed by atoms with E-state index >= 15 is 0 Å². The molecule has 0 aliphatic carbocycles. The van der Waals surface area contributed by atoms with Gasteiger partial charge in [-0.15, -0.1) is 11.3 Å². The lowest BCUT2D eigenvalue weighted by atomic mass is 10.1. The van der Waals surface area contributed by atoms with Crippen molar-refractivity contribution in [3.05, 3.63) is 95.6 Å². The topological polar surface area (TPSA) is 86.1 Å². The van der Waals surface area contributed by atoms with Crippen molar-refractivity contribution in [3.63, 3.8) is 0 Å². The van der Waals surface area contributed by atoms with Crippen LogP contribution < -0.4 is 5.32 Å². The van der Waals surface area contributed by atoms with Crippen molar-refractivity contribution in [3.8, 4) is 17.1 Å². The summed E-state index contributed by atoms with van der Waals surface area (Å²) in [6, 6.07) is 22.4. The number of aromatic nitrogens is 3. The number of hydrogen-bond donors (Lipinski definition) is 1. The van der Waals surface area contributed by atoms with Crippen LogP contribution in [0.3, 0.4) is 0 Å². The Kier molecular flexibility index (Phi) is 5.88. The number of hydrogen-bond acceptors (Lipinski definition) is 6. The number of anilines is 1. The van der Waals surface area contributed by atoms with E-state index in [1.807, 2.05) is 66.0 Å². The van der Waals surface area contributed by atoms with Crippen LogP contribution in [0.2, 0.25) is 0 Å². The van der Waals surface area contributed by atoms with Crippen molar-refractivity contribution in [2.24, 2.45) is 0 Å². The van der Waals surface area contributed by atoms with Crippen LogP contribution in [0.15, 0.2) is 84.4 Å². The minimum absolute atomic E-state index is 0.181. The SMILES string of the molecule is CCOC(=O)c1cc(-c2cccc(NC(=O)c3csc4ccccc34)c2)n(-c2ccccn2)n1. The molecule has 0 saturated heterocycles. The zero-order valence-corrected chi connectivity index (χ0v) is 19.1. The summed E-state index contributed by atoms with van der Waals surface area (Å²) in [5, 5.41) is 10.2. The highest BCUT2D eigenvalue weighted by atomic mass is 32.1. The lowest BCUT2D eigenvalue weighted by Gasteiger charge is -2.09. The van der Waals surface area contributed by atoms with Crippen molar-refractivity contribution < 1.29 is 14.3 Å². The van der Waals surface area contributed by atoms with Crippen molar-refractivity contribution in [2.75, 3.05) is 11.9 Å². The molecule has 7 nitrogen and oxygen atoms in total. The lowest BCUT2D eigenvalue weighted by Crippen LogP contribution is -2.11. The number of rotatable bonds is 6. The van der Waals surface area contributed by atoms with E-state index in [2.05, 4.69) is 15.4 Å². The third kappa shape index (κ3) is 4.18. The molecule has 0 spiro atoms. The minimum atomic E-state index is -0.507. The van der Waals surface area contributed by atoms with Crippen LogP contribution in [-0.2, 0) is 4.74 Å². The van der Waals surface area contributed by atoms with Gasteiger partial charge in [0, 0.05) is 32.9 Å². The predicted molar refractivity (Wildman–Crippen MR) is 133 cm³/mol. The smallest absolute Gasteiger partial charge is 0.358 e. The number of esters is 1. The molecule has 0 atom stereocenters. The third-order valence-corrected chi connectivity index (χ3v) is 6.17. The molecule has 0 aliphatic heterocycles. The summed E-state index contributed by atoms with van der Waals surface area (Å²) in [6.07, 6.45) is 1.66. The summed E-state index contributed by atoms with van der Waals surface area (Å²) >= 11 is 1.54. The van der Waals surface area contributed by atoms with Crippen molar-refractivity contribution in [1.82, 2.24) is 14.8 Å². The first-order chi connectivity index (χ1) is 16.6. The van der Waals surface area contributed by atoms with Gasteiger partial charge < -0.3 is 10.1 Å². The van der Waals surface area contributed by atoms with E-state index in [0.717, 1.165) is 15.6 Å². The van der Waals surface area contributed by atoms with Gasteiger partial charge >= 0.3 is 5.97 Å². The van der Waals surface area contributed by atoms with Crippen LogP contribution in [0.5, 0.6) is 0 Å². The van der Waals surface area contributed by atoms with Crippen LogP contribution in [0, 0.1) is 0 Å². The normalized spacial score (nSPS) is 10.9. The molecule has 0 saturated carbocycles. The number of ether oxygens (including phenoxy) is 1. The average molecular weight is 469 g/mol. The van der Waals surface area contributed by atoms with Crippen LogP contribution in [0.1, 0.15) is 27.8 Å². The van der Waals surface area contributed by atoms with Crippen molar-refractivity contribution in [1.29, 1.82) is 0 Å². The highest BCUT2D eigenvalue weighted by molar-refractivity contribution is 7.17. The monoisotopic (exact) mass is 468 g/mol. The number of nitrogens with zero attached hydrogens (tertiary/aromatic N) is 3. The van der Waals surface area contributed by atoms with Gasteiger partial charge in [-0.1, -0.05) is 36.4 Å². The molecule has 0 unspecified atom stereocenters. The molecule has 1 N–H and O–H groups in total. The summed E-state index contributed by atoms with van der Waals surface area (Å²) in [5.41, 5.74) is 2.86. The summed E-state index contributed by atoms with van der Waals surface area (Å²) < 4.78 is 7.79. The molecule has 1 amide bonds. The molecule has 0 aliphatic rings. The molecule has 5 rings (SSSR count). The van der Waals surface area contributed by atoms with Crippen LogP contribution >= 0.6 is 11.3 Å². The van der Waals surface area contributed by atoms with Crippen LogP contribution in [0.4, 0.5) is 5.69 Å². The molecule has 8 heteroatoms. The van der Waals surface area contributed by atoms with Crippen molar-refractivity contribution >= 4 is 39.0 Å². The maximum absolute atomic E-state index is 13.0. The van der Waals surface area contributed by atoms with E-state index < -0.39 is 5.97 Å². The van der Waals surface area contributed by atoms with Gasteiger partial charge in [0.1, 0.15) is 0 Å². The summed E-state index contributed by atoms with van der Waals surface area (Å²) in [4.78, 5) is 29.7. The number of thiophene rings is 1. The molecular formula is C26H20N4O3S. The van der Waals surface area contributed by atoms with Crippen LogP contribution in [-0.4, -0.2) is 33.2 Å². The Morgan fingerprint density at radius 3 is 2.71 bits per heavy atom. The van der Waals surface area contributed by atoms with E-state index in [1.54, 1.807) is 29.9 Å². The molecule has 5 aromatic rings. The Morgan fingerprint density at radius 2 is 1.88 bits per heavy atom. The van der Waals surface area contributed by atoms with Gasteiger partial charge in [0.15, 0.2) is 11.5 Å². The molecule has 3 aromatic heterocycles. The Labute approximate surface area is 199 Å². The molecule has 0 fully saturated rings. The minimum Gasteiger partial charge on any atom is -0.461 e. The summed E-state index contributed by atoms with van der Waals surface area (Å²) in [5.74, 6) is -0.125. The lowest BCUT2D eigenvalue weighted by molar-refractivity contribution is 0.0519. The fourth-order valence-corrected chi connectivity index (χ4v) is 4.59. The quantitative estimate of drug-likeness (QED) is 0.329. The number of nitrogens with one attached hydrogen (secondary N) is 1. The van der Waals surface area contributed by atoms with Gasteiger partial charge in [0.25, 0.3) is 5.91 Å². The second kappa shape index (κ2) is 9.29. The molecule has 0 bridgehead atoms. The molecular weight excluding hydrogens is 448 g/mol. The van der Waals surface area contributed by atoms with Gasteiger partial charge in [0.05, 0.1) is 17.9 Å². The predicted octanol–water partition coefficient (Wildman–Crippen LogP) is 5.58. The Balaban J connectivity index is 1.50. The first-order valence-corrected chi connectivity index (χ1v) is 11.6. The second-order valence-electron chi connectivity index (χ2n) is 7.42. The maximum atomic E-state index is 13.0. The van der Waals surface area contributed by atoms with Gasteiger partial charge in [-0.2, -0.15) is 5.10 Å². The standard InChI is InChI=1S/C26H20N4O3S/c1-2-33-26(32)21-15-22(30(29-21)24-12-5-6-13-27-24)17-8-7-9-18(14-17)28-25(31)20-16-34-23-11-4-3-10-19(20)23/h3-16H,2H2,1H3,(H,28,31). The number of carbonyl (C=O) groups excluding carboxylic acids is 2. The van der Waals surface area contributed by atoms with E-state index in [9.17, 15) is 9.59 Å². The van der Waals surface area contributed by atoms with Gasteiger partial charge in [-0.05, 0) is 43.3 Å². The number of fused-ring (bicyclic) bond motifs is 1. The van der Waals surface area contributed by atoms with E-state index in [0.29, 0.717) is 22.8 Å². The van der Waals surface area contributed by atoms with E-state index in [-0.39, 0.29) is 18.2 Å². The summed E-state index contributed by atoms with van der Waals surface area (Å²) in [7, 11) is 0. The first-order valence-electron chi connectivity index (χ1n) is 10.7. The third-order valence-electron chi connectivity index (χ3n) is 5.20. The number of amides is 1. The molecule has 3 heterocycles. The van der Waals surface area contributed by atoms with Gasteiger partial charge in [0.2, 0.25) is 0 Å². The Bertz CT molecular complexity index is 1490. The molecule has 34 heavy (non-hydrogen) atoms. The second-order valence-corrected chi connectivity index (χ2v) is 8.33.